The van der Waals surface area contributed by atoms with Crippen molar-refractivity contribution in [2.75, 3.05) is 30.9 Å². The highest BCUT2D eigenvalue weighted by molar-refractivity contribution is 5.80. The van der Waals surface area contributed by atoms with Gasteiger partial charge in [0.1, 0.15) is 6.04 Å². The number of carbonyl (C=O) groups excluding carboxylic acids is 1. The Morgan fingerprint density at radius 1 is 1.14 bits per heavy atom. The van der Waals surface area contributed by atoms with Gasteiger partial charge < -0.3 is 10.2 Å². The van der Waals surface area contributed by atoms with E-state index in [1.165, 1.54) is 26.6 Å². The first-order chi connectivity index (χ1) is 17.5. The van der Waals surface area contributed by atoms with Crippen LogP contribution in [0.2, 0.25) is 0 Å². The molecular formula is C25H21F3N8O. The lowest BCUT2D eigenvalue weighted by Gasteiger charge is -2.34. The highest BCUT2D eigenvalue weighted by Gasteiger charge is 2.37. The third-order valence-corrected chi connectivity index (χ3v) is 5.86. The molecule has 0 bridgehead atoms. The minimum Gasteiger partial charge on any atom is -0.347 e. The van der Waals surface area contributed by atoms with E-state index in [1.807, 2.05) is 6.07 Å². The average Bonchev–Trinajstić information content (AvgIpc) is 3.29. The van der Waals surface area contributed by atoms with Crippen molar-refractivity contribution in [3.63, 3.8) is 0 Å². The molecule has 0 spiro atoms. The standard InChI is InChI=1S/C25H21F3N8O/c1-15-20(13-30)22(17-9-7-16(12-29)8-10-17)36-24(32-23(33-36)31-14-21(37)34(2)3)35(15)19-6-4-5-18(11-19)25(26,27)28/h4-11,22H,14H2,1-3H3,(H,31,33). The SMILES string of the molecule is CC1=C(C#N)C(c2ccc(C#N)cc2)n2nc(NCC(=O)N(C)C)nc2N1c1cccc(C(F)(F)F)c1. The van der Waals surface area contributed by atoms with Crippen molar-refractivity contribution < 1.29 is 18.0 Å². The normalized spacial score (nSPS) is 15.0. The van der Waals surface area contributed by atoms with Crippen molar-refractivity contribution in [3.8, 4) is 12.1 Å². The monoisotopic (exact) mass is 506 g/mol. The van der Waals surface area contributed by atoms with Crippen LogP contribution in [-0.4, -0.2) is 46.2 Å². The quantitative estimate of drug-likeness (QED) is 0.552. The second kappa shape index (κ2) is 9.66. The highest BCUT2D eigenvalue weighted by Crippen LogP contribution is 2.43. The summed E-state index contributed by atoms with van der Waals surface area (Å²) in [5.41, 5.74) is 0.935. The zero-order valence-corrected chi connectivity index (χ0v) is 20.1. The van der Waals surface area contributed by atoms with Crippen molar-refractivity contribution in [1.82, 2.24) is 19.7 Å². The van der Waals surface area contributed by atoms with Crippen molar-refractivity contribution in [3.05, 3.63) is 76.5 Å². The third-order valence-electron chi connectivity index (χ3n) is 5.86. The van der Waals surface area contributed by atoms with Crippen LogP contribution in [0, 0.1) is 22.7 Å². The van der Waals surface area contributed by atoms with Crippen LogP contribution in [0.25, 0.3) is 0 Å². The lowest BCUT2D eigenvalue weighted by atomic mass is 9.95. The molecule has 1 N–H and O–H groups in total. The summed E-state index contributed by atoms with van der Waals surface area (Å²) in [6, 6.07) is 14.7. The van der Waals surface area contributed by atoms with E-state index >= 15 is 0 Å². The number of likely N-dealkylation sites (N-methyl/N-ethyl adjacent to an activating group) is 1. The second-order valence-electron chi connectivity index (χ2n) is 8.45. The molecule has 0 radical (unpaired) electrons. The van der Waals surface area contributed by atoms with E-state index in [4.69, 9.17) is 5.26 Å². The Morgan fingerprint density at radius 2 is 1.84 bits per heavy atom. The van der Waals surface area contributed by atoms with E-state index in [1.54, 1.807) is 45.3 Å². The van der Waals surface area contributed by atoms with E-state index in [-0.39, 0.29) is 35.6 Å². The summed E-state index contributed by atoms with van der Waals surface area (Å²) < 4.78 is 41.9. The number of halogens is 3. The Bertz CT molecular complexity index is 1460. The number of anilines is 3. The number of nitrogens with zero attached hydrogens (tertiary/aromatic N) is 7. The minimum atomic E-state index is -4.57. The Hall–Kier alpha value is -4.84. The van der Waals surface area contributed by atoms with Gasteiger partial charge in [-0.2, -0.15) is 28.7 Å². The molecule has 12 heteroatoms. The molecule has 4 rings (SSSR count). The lowest BCUT2D eigenvalue weighted by Crippen LogP contribution is -2.31. The molecule has 2 heterocycles. The predicted molar refractivity (Wildman–Crippen MR) is 128 cm³/mol. The fraction of sp³-hybridized carbons (Fsp3) is 0.240. The summed E-state index contributed by atoms with van der Waals surface area (Å²) in [7, 11) is 3.19. The molecule has 1 amide bonds. The fourth-order valence-corrected chi connectivity index (χ4v) is 3.94. The topological polar surface area (TPSA) is 114 Å². The number of carbonyl (C=O) groups is 1. The Kier molecular flexibility index (Phi) is 6.60. The first-order valence-corrected chi connectivity index (χ1v) is 11.0. The smallest absolute Gasteiger partial charge is 0.347 e. The molecule has 0 fully saturated rings. The van der Waals surface area contributed by atoms with Crippen LogP contribution in [0.4, 0.5) is 30.8 Å². The van der Waals surface area contributed by atoms with Crippen molar-refractivity contribution in [2.24, 2.45) is 0 Å². The number of hydrogen-bond acceptors (Lipinski definition) is 7. The van der Waals surface area contributed by atoms with E-state index in [0.29, 0.717) is 16.8 Å². The molecule has 1 aliphatic rings. The molecular weight excluding hydrogens is 485 g/mol. The number of nitrogens with one attached hydrogen (secondary N) is 1. The van der Waals surface area contributed by atoms with Crippen LogP contribution >= 0.6 is 0 Å². The van der Waals surface area contributed by atoms with Gasteiger partial charge in [-0.25, -0.2) is 4.68 Å². The molecule has 9 nitrogen and oxygen atoms in total. The first kappa shape index (κ1) is 25.3. The van der Waals surface area contributed by atoms with Gasteiger partial charge in [0.25, 0.3) is 0 Å². The van der Waals surface area contributed by atoms with E-state index in [0.717, 1.165) is 12.1 Å². The van der Waals surface area contributed by atoms with Gasteiger partial charge in [-0.1, -0.05) is 18.2 Å². The summed E-state index contributed by atoms with van der Waals surface area (Å²) in [5, 5.41) is 26.6. The van der Waals surface area contributed by atoms with Gasteiger partial charge in [0, 0.05) is 25.5 Å². The molecule has 37 heavy (non-hydrogen) atoms. The predicted octanol–water partition coefficient (Wildman–Crippen LogP) is 4.21. The number of fused-ring (bicyclic) bond motifs is 1. The molecule has 0 saturated heterocycles. The van der Waals surface area contributed by atoms with Crippen LogP contribution in [0.1, 0.15) is 29.7 Å². The molecule has 1 aromatic heterocycles. The largest absolute Gasteiger partial charge is 0.416 e. The van der Waals surface area contributed by atoms with Crippen LogP contribution in [-0.2, 0) is 11.0 Å². The molecule has 2 aromatic carbocycles. The van der Waals surface area contributed by atoms with E-state index in [2.05, 4.69) is 21.5 Å². The molecule has 0 aliphatic carbocycles. The fourth-order valence-electron chi connectivity index (χ4n) is 3.94. The summed E-state index contributed by atoms with van der Waals surface area (Å²) in [4.78, 5) is 19.4. The van der Waals surface area contributed by atoms with Crippen molar-refractivity contribution in [1.29, 1.82) is 10.5 Å². The summed E-state index contributed by atoms with van der Waals surface area (Å²) in [6.07, 6.45) is -4.57. The molecule has 3 aromatic rings. The Balaban J connectivity index is 1.89. The van der Waals surface area contributed by atoms with E-state index < -0.39 is 17.8 Å². The summed E-state index contributed by atoms with van der Waals surface area (Å²) in [5.74, 6) is -0.0176. The zero-order valence-electron chi connectivity index (χ0n) is 20.1. The summed E-state index contributed by atoms with van der Waals surface area (Å²) in [6.45, 7) is 1.51. The van der Waals surface area contributed by atoms with Crippen molar-refractivity contribution in [2.45, 2.75) is 19.1 Å². The molecule has 0 saturated carbocycles. The average molecular weight is 506 g/mol. The number of hydrogen-bond donors (Lipinski definition) is 1. The van der Waals surface area contributed by atoms with Gasteiger partial charge in [0.2, 0.25) is 17.8 Å². The third kappa shape index (κ3) is 4.82. The first-order valence-electron chi connectivity index (χ1n) is 11.0. The van der Waals surface area contributed by atoms with E-state index in [9.17, 15) is 23.2 Å². The van der Waals surface area contributed by atoms with Crippen LogP contribution in [0.3, 0.4) is 0 Å². The number of nitriles is 2. The highest BCUT2D eigenvalue weighted by atomic mass is 19.4. The van der Waals surface area contributed by atoms with Gasteiger partial charge in [-0.3, -0.25) is 9.69 Å². The number of amides is 1. The molecule has 1 aliphatic heterocycles. The number of rotatable bonds is 5. The van der Waals surface area contributed by atoms with Gasteiger partial charge in [-0.15, -0.1) is 5.10 Å². The molecule has 188 valence electrons. The molecule has 1 atom stereocenters. The Labute approximate surface area is 210 Å². The van der Waals surface area contributed by atoms with Gasteiger partial charge in [0.05, 0.1) is 35.4 Å². The second-order valence-corrected chi connectivity index (χ2v) is 8.45. The maximum absolute atomic E-state index is 13.5. The van der Waals surface area contributed by atoms with Crippen LogP contribution < -0.4 is 10.2 Å². The number of aromatic nitrogens is 3. The van der Waals surface area contributed by atoms with Gasteiger partial charge >= 0.3 is 6.18 Å². The Morgan fingerprint density at radius 3 is 2.43 bits per heavy atom. The van der Waals surface area contributed by atoms with Gasteiger partial charge in [0.15, 0.2) is 0 Å². The van der Waals surface area contributed by atoms with Crippen LogP contribution in [0.5, 0.6) is 0 Å². The summed E-state index contributed by atoms with van der Waals surface area (Å²) >= 11 is 0. The van der Waals surface area contributed by atoms with Gasteiger partial charge in [-0.05, 0) is 42.8 Å². The zero-order chi connectivity index (χ0) is 26.9. The molecule has 1 unspecified atom stereocenters. The number of benzene rings is 2. The lowest BCUT2D eigenvalue weighted by molar-refractivity contribution is -0.137. The number of alkyl halides is 3. The number of allylic oxidation sites excluding steroid dienone is 2. The minimum absolute atomic E-state index is 0.0628. The van der Waals surface area contributed by atoms with Crippen LogP contribution in [0.15, 0.2) is 59.8 Å². The van der Waals surface area contributed by atoms with Crippen molar-refractivity contribution >= 4 is 23.5 Å². The maximum Gasteiger partial charge on any atom is 0.416 e. The maximum atomic E-state index is 13.5.